The number of benzene rings is 2. The zero-order chi connectivity index (χ0) is 20.5. The van der Waals surface area contributed by atoms with Crippen LogP contribution in [0, 0.1) is 5.92 Å². The summed E-state index contributed by atoms with van der Waals surface area (Å²) < 4.78 is 0. The van der Waals surface area contributed by atoms with Gasteiger partial charge in [-0.15, -0.1) is 0 Å². The number of phenols is 1. The smallest absolute Gasteiger partial charge is 0.311 e. The molecule has 1 heterocycles. The molecule has 0 spiro atoms. The van der Waals surface area contributed by atoms with Crippen LogP contribution in [0.25, 0.3) is 10.9 Å². The second kappa shape index (κ2) is 7.91. The maximum atomic E-state index is 12.8. The Bertz CT molecular complexity index is 1060. The van der Waals surface area contributed by atoms with Crippen molar-refractivity contribution < 1.29 is 19.8 Å². The summed E-state index contributed by atoms with van der Waals surface area (Å²) in [6.45, 7) is 0. The van der Waals surface area contributed by atoms with Crippen molar-refractivity contribution in [3.05, 3.63) is 64.3 Å². The molecule has 1 unspecified atom stereocenters. The van der Waals surface area contributed by atoms with Crippen molar-refractivity contribution in [2.75, 3.05) is 0 Å². The fourth-order valence-electron chi connectivity index (χ4n) is 4.34. The van der Waals surface area contributed by atoms with Crippen LogP contribution in [0.4, 0.5) is 0 Å². The molecule has 0 saturated heterocycles. The van der Waals surface area contributed by atoms with Crippen LogP contribution in [0.5, 0.6) is 5.75 Å². The van der Waals surface area contributed by atoms with Crippen molar-refractivity contribution in [2.24, 2.45) is 5.92 Å². The van der Waals surface area contributed by atoms with Crippen LogP contribution in [0.3, 0.4) is 0 Å². The van der Waals surface area contributed by atoms with E-state index in [0.717, 1.165) is 18.2 Å². The Morgan fingerprint density at radius 1 is 1.14 bits per heavy atom. The molecule has 0 radical (unpaired) electrons. The molecule has 1 aromatic heterocycles. The molecule has 1 atom stereocenters. The lowest BCUT2D eigenvalue weighted by Gasteiger charge is -2.16. The maximum absolute atomic E-state index is 12.8. The maximum Gasteiger partial charge on any atom is 0.311 e. The van der Waals surface area contributed by atoms with Gasteiger partial charge in [-0.1, -0.05) is 37.3 Å². The number of fused-ring (bicyclic) bond motifs is 1. The van der Waals surface area contributed by atoms with E-state index in [4.69, 9.17) is 11.6 Å². The molecule has 5 nitrogen and oxygen atoms in total. The predicted octanol–water partition coefficient (Wildman–Crippen LogP) is 5.51. The van der Waals surface area contributed by atoms with E-state index >= 15 is 0 Å². The number of aromatic nitrogens is 1. The summed E-state index contributed by atoms with van der Waals surface area (Å²) in [5.41, 5.74) is 2.15. The van der Waals surface area contributed by atoms with Gasteiger partial charge in [-0.25, -0.2) is 0 Å². The van der Waals surface area contributed by atoms with Gasteiger partial charge < -0.3 is 15.2 Å². The number of aliphatic carboxylic acids is 1. The third-order valence-electron chi connectivity index (χ3n) is 5.89. The van der Waals surface area contributed by atoms with Gasteiger partial charge in [0.15, 0.2) is 5.78 Å². The van der Waals surface area contributed by atoms with Crippen molar-refractivity contribution in [3.8, 4) is 5.75 Å². The average Bonchev–Trinajstić information content (AvgIpc) is 3.35. The second-order valence-electron chi connectivity index (χ2n) is 7.77. The van der Waals surface area contributed by atoms with E-state index in [2.05, 4.69) is 4.98 Å². The Hall–Kier alpha value is -2.79. The van der Waals surface area contributed by atoms with Gasteiger partial charge in [0.2, 0.25) is 0 Å². The highest BCUT2D eigenvalue weighted by atomic mass is 35.5. The van der Waals surface area contributed by atoms with Crippen LogP contribution in [0.1, 0.15) is 59.5 Å². The SMILES string of the molecule is O=C(c1ccc(O)cc1)c1cc2[nH]cc(C(CC3CCCC3)C(=O)O)c2cc1Cl. The third-order valence-corrected chi connectivity index (χ3v) is 6.21. The molecule has 0 bridgehead atoms. The zero-order valence-electron chi connectivity index (χ0n) is 15.8. The molecular formula is C23H22ClNO4. The minimum Gasteiger partial charge on any atom is -0.508 e. The van der Waals surface area contributed by atoms with Crippen LogP contribution in [-0.4, -0.2) is 26.9 Å². The number of hydrogen-bond donors (Lipinski definition) is 3. The number of aromatic amines is 1. The van der Waals surface area contributed by atoms with Gasteiger partial charge in [0, 0.05) is 28.2 Å². The largest absolute Gasteiger partial charge is 0.508 e. The van der Waals surface area contributed by atoms with Crippen LogP contribution in [0.15, 0.2) is 42.6 Å². The highest BCUT2D eigenvalue weighted by Crippen LogP contribution is 2.38. The Kier molecular flexibility index (Phi) is 5.33. The Balaban J connectivity index is 1.70. The van der Waals surface area contributed by atoms with Crippen molar-refractivity contribution in [2.45, 2.75) is 38.0 Å². The lowest BCUT2D eigenvalue weighted by Crippen LogP contribution is -2.14. The number of carboxylic acid groups (broad SMARTS) is 1. The summed E-state index contributed by atoms with van der Waals surface area (Å²) in [7, 11) is 0. The van der Waals surface area contributed by atoms with Crippen molar-refractivity contribution in [1.82, 2.24) is 4.98 Å². The van der Waals surface area contributed by atoms with Gasteiger partial charge in [-0.3, -0.25) is 9.59 Å². The summed E-state index contributed by atoms with van der Waals surface area (Å²) in [5, 5.41) is 20.3. The fourth-order valence-corrected chi connectivity index (χ4v) is 4.59. The van der Waals surface area contributed by atoms with E-state index in [1.165, 1.54) is 25.0 Å². The fraction of sp³-hybridized carbons (Fsp3) is 0.304. The van der Waals surface area contributed by atoms with Gasteiger partial charge in [-0.05, 0) is 54.3 Å². The summed E-state index contributed by atoms with van der Waals surface area (Å²) in [6, 6.07) is 9.34. The molecule has 4 rings (SSSR count). The monoisotopic (exact) mass is 411 g/mol. The highest BCUT2D eigenvalue weighted by molar-refractivity contribution is 6.36. The first-order valence-corrected chi connectivity index (χ1v) is 10.2. The van der Waals surface area contributed by atoms with Crippen molar-refractivity contribution in [3.63, 3.8) is 0 Å². The number of nitrogens with one attached hydrogen (secondary N) is 1. The molecule has 2 aromatic carbocycles. The molecule has 3 aromatic rings. The number of ketones is 1. The molecule has 6 heteroatoms. The van der Waals surface area contributed by atoms with E-state index in [1.807, 2.05) is 0 Å². The van der Waals surface area contributed by atoms with Crippen LogP contribution >= 0.6 is 11.6 Å². The molecule has 1 fully saturated rings. The number of hydrogen-bond acceptors (Lipinski definition) is 3. The first-order chi connectivity index (χ1) is 13.9. The first-order valence-electron chi connectivity index (χ1n) is 9.81. The molecule has 0 aliphatic heterocycles. The van der Waals surface area contributed by atoms with Crippen LogP contribution in [-0.2, 0) is 4.79 Å². The van der Waals surface area contributed by atoms with Gasteiger partial charge >= 0.3 is 5.97 Å². The number of rotatable bonds is 6. The lowest BCUT2D eigenvalue weighted by molar-refractivity contribution is -0.139. The van der Waals surface area contributed by atoms with E-state index in [1.54, 1.807) is 30.5 Å². The molecule has 1 aliphatic carbocycles. The zero-order valence-corrected chi connectivity index (χ0v) is 16.6. The lowest BCUT2D eigenvalue weighted by atomic mass is 9.87. The van der Waals surface area contributed by atoms with Crippen molar-refractivity contribution in [1.29, 1.82) is 0 Å². The average molecular weight is 412 g/mol. The number of carboxylic acids is 1. The molecular weight excluding hydrogens is 390 g/mol. The number of carbonyl (C=O) groups excluding carboxylic acids is 1. The van der Waals surface area contributed by atoms with Gasteiger partial charge in [0.1, 0.15) is 5.75 Å². The van der Waals surface area contributed by atoms with E-state index in [0.29, 0.717) is 34.5 Å². The molecule has 3 N–H and O–H groups in total. The number of halogens is 1. The normalized spacial score (nSPS) is 15.6. The molecule has 150 valence electrons. The topological polar surface area (TPSA) is 90.4 Å². The number of aromatic hydroxyl groups is 1. The van der Waals surface area contributed by atoms with Crippen molar-refractivity contribution >= 4 is 34.3 Å². The molecule has 1 saturated carbocycles. The van der Waals surface area contributed by atoms with E-state index in [9.17, 15) is 19.8 Å². The standard InChI is InChI=1S/C23H22ClNO4/c24-20-10-16-19(17(23(28)29)9-13-3-1-2-4-13)12-25-21(16)11-18(20)22(27)14-5-7-15(26)8-6-14/h5-8,10-13,17,25-26H,1-4,9H2,(H,28,29). The minimum absolute atomic E-state index is 0.0825. The van der Waals surface area contributed by atoms with Crippen LogP contribution in [0.2, 0.25) is 5.02 Å². The first kappa shape index (κ1) is 19.5. The predicted molar refractivity (Wildman–Crippen MR) is 112 cm³/mol. The van der Waals surface area contributed by atoms with Gasteiger partial charge in [0.25, 0.3) is 0 Å². The quantitative estimate of drug-likeness (QED) is 0.466. The second-order valence-corrected chi connectivity index (χ2v) is 8.18. The number of carbonyl (C=O) groups is 2. The number of phenolic OH excluding ortho intramolecular Hbond substituents is 1. The summed E-state index contributed by atoms with van der Waals surface area (Å²) in [5.74, 6) is -1.17. The van der Waals surface area contributed by atoms with Gasteiger partial charge in [0.05, 0.1) is 10.9 Å². The Morgan fingerprint density at radius 3 is 2.48 bits per heavy atom. The summed E-state index contributed by atoms with van der Waals surface area (Å²) in [6.07, 6.45) is 6.84. The Morgan fingerprint density at radius 2 is 1.83 bits per heavy atom. The summed E-state index contributed by atoms with van der Waals surface area (Å²) in [4.78, 5) is 27.9. The molecule has 29 heavy (non-hydrogen) atoms. The van der Waals surface area contributed by atoms with E-state index < -0.39 is 11.9 Å². The minimum atomic E-state index is -0.835. The summed E-state index contributed by atoms with van der Waals surface area (Å²) >= 11 is 6.43. The number of H-pyrrole nitrogens is 1. The highest BCUT2D eigenvalue weighted by Gasteiger charge is 2.29. The van der Waals surface area contributed by atoms with E-state index in [-0.39, 0.29) is 16.6 Å². The molecule has 1 aliphatic rings. The third kappa shape index (κ3) is 3.87. The molecule has 0 amide bonds. The van der Waals surface area contributed by atoms with Gasteiger partial charge in [-0.2, -0.15) is 0 Å². The Labute approximate surface area is 173 Å². The van der Waals surface area contributed by atoms with Crippen LogP contribution < -0.4 is 0 Å².